The number of carbonyl (C=O) groups is 2. The summed E-state index contributed by atoms with van der Waals surface area (Å²) in [4.78, 5) is 26.5. The molecule has 27 heavy (non-hydrogen) atoms. The predicted molar refractivity (Wildman–Crippen MR) is 113 cm³/mol. The fourth-order valence-electron chi connectivity index (χ4n) is 2.57. The number of hydrogen-bond acceptors (Lipinski definition) is 3. The van der Waals surface area contributed by atoms with Gasteiger partial charge in [0.2, 0.25) is 11.8 Å². The normalized spacial score (nSPS) is 11.7. The number of thioether (sulfide) groups is 1. The fourth-order valence-corrected chi connectivity index (χ4v) is 4.21. The largest absolute Gasteiger partial charge is 0.357 e. The first-order valence-corrected chi connectivity index (χ1v) is 10.4. The maximum atomic E-state index is 12.8. The van der Waals surface area contributed by atoms with Gasteiger partial charge in [-0.15, -0.1) is 11.8 Å². The molecule has 1 N–H and O–H groups in total. The Morgan fingerprint density at radius 2 is 1.70 bits per heavy atom. The number of likely N-dealkylation sites (N-methyl/N-ethyl adjacent to an activating group) is 1. The first-order chi connectivity index (χ1) is 12.9. The summed E-state index contributed by atoms with van der Waals surface area (Å²) in [6.07, 6.45) is 0. The van der Waals surface area contributed by atoms with Crippen LogP contribution in [0.25, 0.3) is 0 Å². The minimum atomic E-state index is -0.563. The molecule has 4 nitrogen and oxygen atoms in total. The zero-order valence-corrected chi connectivity index (χ0v) is 17.6. The Morgan fingerprint density at radius 3 is 2.30 bits per heavy atom. The van der Waals surface area contributed by atoms with E-state index in [4.69, 9.17) is 23.2 Å². The van der Waals surface area contributed by atoms with E-state index in [1.165, 1.54) is 11.8 Å². The minimum absolute atomic E-state index is 0.108. The maximum Gasteiger partial charge on any atom is 0.242 e. The van der Waals surface area contributed by atoms with Gasteiger partial charge in [-0.3, -0.25) is 9.59 Å². The monoisotopic (exact) mass is 424 g/mol. The zero-order chi connectivity index (χ0) is 19.8. The van der Waals surface area contributed by atoms with E-state index >= 15 is 0 Å². The number of carbonyl (C=O) groups excluding carboxylic acids is 2. The van der Waals surface area contributed by atoms with Crippen LogP contribution in [0.4, 0.5) is 0 Å². The van der Waals surface area contributed by atoms with Gasteiger partial charge in [0.05, 0.1) is 5.75 Å². The summed E-state index contributed by atoms with van der Waals surface area (Å²) in [5, 5.41) is 3.78. The molecule has 0 aliphatic carbocycles. The highest BCUT2D eigenvalue weighted by atomic mass is 35.5. The molecule has 0 aromatic heterocycles. The smallest absolute Gasteiger partial charge is 0.242 e. The SMILES string of the molecule is CNC(=O)[C@@H](C)N(Cc1ccccc1)C(=O)CSCc1c(Cl)cccc1Cl. The molecule has 0 unspecified atom stereocenters. The summed E-state index contributed by atoms with van der Waals surface area (Å²) in [6.45, 7) is 2.11. The number of nitrogens with one attached hydrogen (secondary N) is 1. The highest BCUT2D eigenvalue weighted by Gasteiger charge is 2.25. The van der Waals surface area contributed by atoms with Gasteiger partial charge in [0.15, 0.2) is 0 Å². The van der Waals surface area contributed by atoms with Gasteiger partial charge < -0.3 is 10.2 Å². The molecule has 0 saturated heterocycles. The number of nitrogens with zero attached hydrogens (tertiary/aromatic N) is 1. The third-order valence-electron chi connectivity index (χ3n) is 4.14. The first kappa shape index (κ1) is 21.6. The van der Waals surface area contributed by atoms with Crippen molar-refractivity contribution in [2.75, 3.05) is 12.8 Å². The van der Waals surface area contributed by atoms with Crippen LogP contribution >= 0.6 is 35.0 Å². The van der Waals surface area contributed by atoms with E-state index in [-0.39, 0.29) is 17.6 Å². The molecule has 144 valence electrons. The van der Waals surface area contributed by atoms with Crippen molar-refractivity contribution in [3.05, 3.63) is 69.7 Å². The molecule has 7 heteroatoms. The van der Waals surface area contributed by atoms with Crippen molar-refractivity contribution in [3.63, 3.8) is 0 Å². The van der Waals surface area contributed by atoms with Crippen LogP contribution in [0.1, 0.15) is 18.1 Å². The maximum absolute atomic E-state index is 12.8. The lowest BCUT2D eigenvalue weighted by Crippen LogP contribution is -2.47. The topological polar surface area (TPSA) is 49.4 Å². The molecular weight excluding hydrogens is 403 g/mol. The third-order valence-corrected chi connectivity index (χ3v) is 5.80. The van der Waals surface area contributed by atoms with E-state index in [0.717, 1.165) is 11.1 Å². The minimum Gasteiger partial charge on any atom is -0.357 e. The lowest BCUT2D eigenvalue weighted by Gasteiger charge is -2.28. The molecule has 0 spiro atoms. The molecule has 0 radical (unpaired) electrons. The Labute approximate surface area is 174 Å². The second-order valence-corrected chi connectivity index (χ2v) is 7.79. The Morgan fingerprint density at radius 1 is 1.07 bits per heavy atom. The summed E-state index contributed by atoms with van der Waals surface area (Å²) in [5.41, 5.74) is 1.79. The van der Waals surface area contributed by atoms with Gasteiger partial charge in [-0.2, -0.15) is 0 Å². The van der Waals surface area contributed by atoms with Gasteiger partial charge in [-0.25, -0.2) is 0 Å². The van der Waals surface area contributed by atoms with Gasteiger partial charge in [-0.1, -0.05) is 59.6 Å². The Hall–Kier alpha value is -1.69. The van der Waals surface area contributed by atoms with Crippen LogP contribution < -0.4 is 5.32 Å². The van der Waals surface area contributed by atoms with E-state index in [1.54, 1.807) is 37.1 Å². The molecule has 2 amide bonds. The van der Waals surface area contributed by atoms with Gasteiger partial charge in [-0.05, 0) is 30.2 Å². The van der Waals surface area contributed by atoms with Gasteiger partial charge in [0.1, 0.15) is 6.04 Å². The first-order valence-electron chi connectivity index (χ1n) is 8.49. The molecule has 2 rings (SSSR count). The number of hydrogen-bond donors (Lipinski definition) is 1. The van der Waals surface area contributed by atoms with Gasteiger partial charge in [0.25, 0.3) is 0 Å². The summed E-state index contributed by atoms with van der Waals surface area (Å²) in [5.74, 6) is 0.453. The molecule has 0 heterocycles. The highest BCUT2D eigenvalue weighted by Crippen LogP contribution is 2.28. The summed E-state index contributed by atoms with van der Waals surface area (Å²) >= 11 is 13.8. The number of halogens is 2. The summed E-state index contributed by atoms with van der Waals surface area (Å²) in [7, 11) is 1.57. The van der Waals surface area contributed by atoms with Crippen LogP contribution in [0.5, 0.6) is 0 Å². The lowest BCUT2D eigenvalue weighted by molar-refractivity contribution is -0.138. The van der Waals surface area contributed by atoms with Crippen LogP contribution in [0, 0.1) is 0 Å². The highest BCUT2D eigenvalue weighted by molar-refractivity contribution is 7.99. The van der Waals surface area contributed by atoms with Crippen molar-refractivity contribution < 1.29 is 9.59 Å². The van der Waals surface area contributed by atoms with Crippen molar-refractivity contribution in [1.29, 1.82) is 0 Å². The summed E-state index contributed by atoms with van der Waals surface area (Å²) < 4.78 is 0. The molecule has 0 aliphatic heterocycles. The van der Waals surface area contributed by atoms with Crippen molar-refractivity contribution in [3.8, 4) is 0 Å². The van der Waals surface area contributed by atoms with Crippen molar-refractivity contribution in [1.82, 2.24) is 10.2 Å². The van der Waals surface area contributed by atoms with Crippen LogP contribution in [0.2, 0.25) is 10.0 Å². The number of rotatable bonds is 8. The molecule has 1 atom stereocenters. The van der Waals surface area contributed by atoms with Crippen LogP contribution in [0.3, 0.4) is 0 Å². The fraction of sp³-hybridized carbons (Fsp3) is 0.300. The molecule has 0 aliphatic rings. The molecular formula is C20H22Cl2N2O2S. The second kappa shape index (κ2) is 10.6. The van der Waals surface area contributed by atoms with Crippen molar-refractivity contribution in [2.45, 2.75) is 25.3 Å². The Kier molecular flexibility index (Phi) is 8.48. The third kappa shape index (κ3) is 6.16. The molecule has 0 saturated carbocycles. The molecule has 2 aromatic carbocycles. The Bertz CT molecular complexity index is 767. The Balaban J connectivity index is 2.05. The van der Waals surface area contributed by atoms with E-state index < -0.39 is 6.04 Å². The van der Waals surface area contributed by atoms with E-state index in [2.05, 4.69) is 5.32 Å². The number of benzene rings is 2. The quantitative estimate of drug-likeness (QED) is 0.683. The van der Waals surface area contributed by atoms with E-state index in [1.807, 2.05) is 30.3 Å². The molecule has 0 bridgehead atoms. The van der Waals surface area contributed by atoms with Crippen LogP contribution in [0.15, 0.2) is 48.5 Å². The van der Waals surface area contributed by atoms with Gasteiger partial charge >= 0.3 is 0 Å². The van der Waals surface area contributed by atoms with E-state index in [9.17, 15) is 9.59 Å². The van der Waals surface area contributed by atoms with Crippen molar-refractivity contribution >= 4 is 46.8 Å². The van der Waals surface area contributed by atoms with Crippen LogP contribution in [-0.4, -0.2) is 35.6 Å². The summed E-state index contributed by atoms with van der Waals surface area (Å²) in [6, 6.07) is 14.4. The molecule has 2 aromatic rings. The average molecular weight is 425 g/mol. The molecule has 0 fully saturated rings. The number of amides is 2. The standard InChI is InChI=1S/C20H22Cl2N2O2S/c1-14(20(26)23-2)24(11-15-7-4-3-5-8-15)19(25)13-27-12-16-17(21)9-6-10-18(16)22/h3-10,14H,11-13H2,1-2H3,(H,23,26)/t14-/m1/s1. The average Bonchev–Trinajstić information content (AvgIpc) is 2.67. The van der Waals surface area contributed by atoms with Crippen LogP contribution in [-0.2, 0) is 21.9 Å². The second-order valence-electron chi connectivity index (χ2n) is 5.99. The van der Waals surface area contributed by atoms with E-state index in [0.29, 0.717) is 22.3 Å². The van der Waals surface area contributed by atoms with Gasteiger partial charge in [0, 0.05) is 29.4 Å². The predicted octanol–water partition coefficient (Wildman–Crippen LogP) is 4.39. The lowest BCUT2D eigenvalue weighted by atomic mass is 10.1. The zero-order valence-electron chi connectivity index (χ0n) is 15.2. The van der Waals surface area contributed by atoms with Crippen molar-refractivity contribution in [2.24, 2.45) is 0 Å².